The van der Waals surface area contributed by atoms with Crippen LogP contribution in [0.15, 0.2) is 59.8 Å². The lowest BCUT2D eigenvalue weighted by molar-refractivity contribution is -0.116. The molecule has 0 aliphatic rings. The number of carbonyl (C=O) groups is 3. The van der Waals surface area contributed by atoms with Gasteiger partial charge in [-0.1, -0.05) is 23.9 Å². The topological polar surface area (TPSA) is 132 Å². The Kier molecular flexibility index (Phi) is 11.5. The van der Waals surface area contributed by atoms with Crippen LogP contribution in [0, 0.1) is 13.8 Å². The molecule has 41 heavy (non-hydrogen) atoms. The first kappa shape index (κ1) is 31.4. The first-order valence-corrected chi connectivity index (χ1v) is 14.3. The number of aryl methyl sites for hydroxylation is 2. The van der Waals surface area contributed by atoms with Crippen LogP contribution in [0.5, 0.6) is 5.75 Å². The predicted octanol–water partition coefficient (Wildman–Crippen LogP) is 5.65. The Hall–Kier alpha value is -4.12. The third-order valence-electron chi connectivity index (χ3n) is 5.30. The van der Waals surface area contributed by atoms with Crippen molar-refractivity contribution >= 4 is 41.0 Å². The van der Waals surface area contributed by atoms with Crippen LogP contribution in [0.2, 0.25) is 0 Å². The number of nitrogens with one attached hydrogen (secondary N) is 3. The number of hydrogen-bond donors (Lipinski definition) is 3. The average molecular weight is 580 g/mol. The summed E-state index contributed by atoms with van der Waals surface area (Å²) in [5, 5.41) is 8.95. The molecule has 0 aliphatic carbocycles. The van der Waals surface area contributed by atoms with Crippen LogP contribution in [0.3, 0.4) is 0 Å². The van der Waals surface area contributed by atoms with Gasteiger partial charge in [-0.2, -0.15) is 0 Å². The van der Waals surface area contributed by atoms with Crippen LogP contribution in [-0.4, -0.2) is 45.8 Å². The van der Waals surface area contributed by atoms with Crippen LogP contribution in [-0.2, 0) is 20.9 Å². The van der Waals surface area contributed by atoms with Gasteiger partial charge in [0.1, 0.15) is 18.0 Å². The molecule has 11 heteroatoms. The molecule has 1 heterocycles. The molecule has 0 fully saturated rings. The normalized spacial score (nSPS) is 11.0. The van der Waals surface area contributed by atoms with Gasteiger partial charge in [0.05, 0.1) is 5.75 Å². The molecule has 1 aromatic heterocycles. The van der Waals surface area contributed by atoms with Gasteiger partial charge in [0, 0.05) is 35.7 Å². The molecular formula is C30H37N5O5S. The summed E-state index contributed by atoms with van der Waals surface area (Å²) in [5.74, 6) is 0.551. The molecule has 3 amide bonds. The number of benzene rings is 2. The fourth-order valence-electron chi connectivity index (χ4n) is 3.60. The highest BCUT2D eigenvalue weighted by Crippen LogP contribution is 2.19. The first-order valence-electron chi connectivity index (χ1n) is 13.3. The number of anilines is 2. The Balaban J connectivity index is 1.38. The summed E-state index contributed by atoms with van der Waals surface area (Å²) in [7, 11) is 0. The molecule has 2 aromatic carbocycles. The van der Waals surface area contributed by atoms with Crippen molar-refractivity contribution in [2.45, 2.75) is 64.8 Å². The number of hydrogen-bond acceptors (Lipinski definition) is 8. The lowest BCUT2D eigenvalue weighted by atomic mass is 10.2. The minimum atomic E-state index is -0.559. The first-order chi connectivity index (χ1) is 19.4. The second-order valence-electron chi connectivity index (χ2n) is 10.4. The minimum Gasteiger partial charge on any atom is -0.489 e. The zero-order chi connectivity index (χ0) is 29.8. The van der Waals surface area contributed by atoms with Crippen LogP contribution in [0.25, 0.3) is 0 Å². The summed E-state index contributed by atoms with van der Waals surface area (Å²) in [6, 6.07) is 16.4. The van der Waals surface area contributed by atoms with Gasteiger partial charge in [0.15, 0.2) is 5.16 Å². The predicted molar refractivity (Wildman–Crippen MR) is 160 cm³/mol. The summed E-state index contributed by atoms with van der Waals surface area (Å²) in [4.78, 5) is 45.0. The Morgan fingerprint density at radius 1 is 0.878 bits per heavy atom. The molecule has 0 saturated heterocycles. The van der Waals surface area contributed by atoms with Gasteiger partial charge in [0.25, 0.3) is 0 Å². The minimum absolute atomic E-state index is 0.146. The molecule has 3 aromatic rings. The third-order valence-corrected chi connectivity index (χ3v) is 6.14. The van der Waals surface area contributed by atoms with E-state index >= 15 is 0 Å². The number of carbonyl (C=O) groups excluding carboxylic acids is 3. The fraction of sp³-hybridized carbons (Fsp3) is 0.367. The van der Waals surface area contributed by atoms with Crippen molar-refractivity contribution in [3.8, 4) is 5.75 Å². The number of ether oxygens (including phenoxy) is 2. The number of aromatic nitrogens is 2. The lowest BCUT2D eigenvalue weighted by Gasteiger charge is -2.19. The summed E-state index contributed by atoms with van der Waals surface area (Å²) in [6.07, 6.45) is 0.258. The molecular weight excluding hydrogens is 542 g/mol. The zero-order valence-corrected chi connectivity index (χ0v) is 24.9. The fourth-order valence-corrected chi connectivity index (χ4v) is 4.35. The zero-order valence-electron chi connectivity index (χ0n) is 24.1. The summed E-state index contributed by atoms with van der Waals surface area (Å²) in [5.41, 5.74) is 3.40. The van der Waals surface area contributed by atoms with Gasteiger partial charge in [0.2, 0.25) is 11.8 Å². The van der Waals surface area contributed by atoms with Gasteiger partial charge in [-0.05, 0) is 89.1 Å². The second-order valence-corrected chi connectivity index (χ2v) is 11.3. The van der Waals surface area contributed by atoms with E-state index in [9.17, 15) is 14.4 Å². The number of rotatable bonds is 12. The summed E-state index contributed by atoms with van der Waals surface area (Å²) < 4.78 is 11.0. The maximum atomic E-state index is 12.4. The van der Waals surface area contributed by atoms with E-state index in [-0.39, 0.29) is 24.0 Å². The molecule has 10 nitrogen and oxygen atoms in total. The maximum Gasteiger partial charge on any atom is 0.407 e. The Bertz CT molecular complexity index is 1320. The SMILES string of the molecule is Cc1cc(C)nc(SCC(=O)Nc2cccc(COc3ccc(NC(=O)CCCNC(=O)OC(C)(C)C)cc3)c2)n1. The molecule has 0 radical (unpaired) electrons. The second kappa shape index (κ2) is 15.0. The molecule has 0 aliphatic heterocycles. The number of thioether (sulfide) groups is 1. The molecule has 0 atom stereocenters. The largest absolute Gasteiger partial charge is 0.489 e. The van der Waals surface area contributed by atoms with Crippen molar-refractivity contribution in [3.63, 3.8) is 0 Å². The van der Waals surface area contributed by atoms with E-state index in [1.165, 1.54) is 11.8 Å². The molecule has 0 spiro atoms. The quantitative estimate of drug-likeness (QED) is 0.143. The molecule has 3 rings (SSSR count). The Morgan fingerprint density at radius 2 is 1.56 bits per heavy atom. The van der Waals surface area contributed by atoms with E-state index in [1.54, 1.807) is 45.0 Å². The number of amides is 3. The van der Waals surface area contributed by atoms with E-state index < -0.39 is 11.7 Å². The molecule has 0 bridgehead atoms. The highest BCUT2D eigenvalue weighted by atomic mass is 32.2. The number of nitrogens with zero attached hydrogens (tertiary/aromatic N) is 2. The smallest absolute Gasteiger partial charge is 0.407 e. The van der Waals surface area contributed by atoms with Crippen molar-refractivity contribution in [1.82, 2.24) is 15.3 Å². The van der Waals surface area contributed by atoms with E-state index in [0.29, 0.717) is 41.9 Å². The highest BCUT2D eigenvalue weighted by Gasteiger charge is 2.15. The van der Waals surface area contributed by atoms with Crippen LogP contribution in [0.1, 0.15) is 50.6 Å². The standard InChI is InChI=1S/C30H37N5O5S/c1-20-16-21(2)33-28(32-20)41-19-27(37)35-24-9-6-8-22(17-24)18-39-25-13-11-23(12-14-25)34-26(36)10-7-15-31-29(38)40-30(3,4)5/h6,8-9,11-14,16-17H,7,10,15,18-19H2,1-5H3,(H,31,38)(H,34,36)(H,35,37). The van der Waals surface area contributed by atoms with Gasteiger partial charge in [-0.3, -0.25) is 9.59 Å². The Morgan fingerprint density at radius 3 is 2.24 bits per heavy atom. The van der Waals surface area contributed by atoms with Crippen molar-refractivity contribution in [3.05, 3.63) is 71.5 Å². The molecule has 218 valence electrons. The lowest BCUT2D eigenvalue weighted by Crippen LogP contribution is -2.33. The van der Waals surface area contributed by atoms with E-state index in [2.05, 4.69) is 25.9 Å². The summed E-state index contributed by atoms with van der Waals surface area (Å²) in [6.45, 7) is 9.84. The summed E-state index contributed by atoms with van der Waals surface area (Å²) >= 11 is 1.29. The molecule has 0 unspecified atom stereocenters. The van der Waals surface area contributed by atoms with Crippen molar-refractivity contribution in [2.75, 3.05) is 22.9 Å². The van der Waals surface area contributed by atoms with E-state index in [1.807, 2.05) is 44.2 Å². The maximum absolute atomic E-state index is 12.4. The van der Waals surface area contributed by atoms with Crippen LogP contribution in [0.4, 0.5) is 16.2 Å². The van der Waals surface area contributed by atoms with Crippen molar-refractivity contribution in [1.29, 1.82) is 0 Å². The van der Waals surface area contributed by atoms with Gasteiger partial charge >= 0.3 is 6.09 Å². The highest BCUT2D eigenvalue weighted by molar-refractivity contribution is 7.99. The Labute approximate surface area is 245 Å². The van der Waals surface area contributed by atoms with Crippen molar-refractivity contribution in [2.24, 2.45) is 0 Å². The van der Waals surface area contributed by atoms with E-state index in [4.69, 9.17) is 9.47 Å². The van der Waals surface area contributed by atoms with Gasteiger partial charge in [-0.15, -0.1) is 0 Å². The third kappa shape index (κ3) is 12.3. The average Bonchev–Trinajstić information content (AvgIpc) is 2.88. The van der Waals surface area contributed by atoms with Crippen molar-refractivity contribution < 1.29 is 23.9 Å². The van der Waals surface area contributed by atoms with Crippen LogP contribution < -0.4 is 20.7 Å². The van der Waals surface area contributed by atoms with Gasteiger partial charge < -0.3 is 25.4 Å². The van der Waals surface area contributed by atoms with Crippen LogP contribution >= 0.6 is 11.8 Å². The monoisotopic (exact) mass is 579 g/mol. The molecule has 0 saturated carbocycles. The van der Waals surface area contributed by atoms with E-state index in [0.717, 1.165) is 17.0 Å². The van der Waals surface area contributed by atoms with Gasteiger partial charge in [-0.25, -0.2) is 14.8 Å². The molecule has 3 N–H and O–H groups in total. The number of alkyl carbamates (subject to hydrolysis) is 1.